The molecule has 1 aromatic carbocycles. The van der Waals surface area contributed by atoms with Crippen molar-refractivity contribution < 1.29 is 27.5 Å². The van der Waals surface area contributed by atoms with Crippen molar-refractivity contribution in [1.82, 2.24) is 5.32 Å². The number of carbonyl (C=O) groups is 2. The fraction of sp³-hybridized carbons (Fsp3) is 0.375. The lowest BCUT2D eigenvalue weighted by Crippen LogP contribution is -2.36. The molecule has 0 aliphatic heterocycles. The first-order valence-corrected chi connectivity index (χ1v) is 7.12. The first-order valence-electron chi connectivity index (χ1n) is 7.12. The van der Waals surface area contributed by atoms with E-state index in [-0.39, 0.29) is 11.9 Å². The van der Waals surface area contributed by atoms with Crippen LogP contribution in [0.3, 0.4) is 0 Å². The molecule has 124 valence electrons. The van der Waals surface area contributed by atoms with Gasteiger partial charge in [0, 0.05) is 12.1 Å². The Hall–Kier alpha value is -2.31. The van der Waals surface area contributed by atoms with Crippen LogP contribution in [0.1, 0.15) is 30.9 Å². The lowest BCUT2D eigenvalue weighted by atomic mass is 10.1. The molecule has 7 heteroatoms. The average molecular weight is 327 g/mol. The van der Waals surface area contributed by atoms with Gasteiger partial charge >= 0.3 is 12.1 Å². The van der Waals surface area contributed by atoms with Gasteiger partial charge in [-0.05, 0) is 43.5 Å². The highest BCUT2D eigenvalue weighted by atomic mass is 19.4. The monoisotopic (exact) mass is 327 g/mol. The minimum absolute atomic E-state index is 0.173. The third-order valence-corrected chi connectivity index (χ3v) is 3.24. The Morgan fingerprint density at radius 1 is 1.26 bits per heavy atom. The molecule has 0 spiro atoms. The van der Waals surface area contributed by atoms with Crippen molar-refractivity contribution in [3.05, 3.63) is 41.5 Å². The molecule has 0 unspecified atom stereocenters. The summed E-state index contributed by atoms with van der Waals surface area (Å²) in [7, 11) is 0. The molecular weight excluding hydrogens is 311 g/mol. The van der Waals surface area contributed by atoms with Crippen LogP contribution >= 0.6 is 0 Å². The van der Waals surface area contributed by atoms with Crippen molar-refractivity contribution in [2.75, 3.05) is 0 Å². The number of halogens is 3. The second kappa shape index (κ2) is 6.85. The largest absolute Gasteiger partial charge is 0.449 e. The third-order valence-electron chi connectivity index (χ3n) is 3.24. The molecule has 1 aliphatic rings. The maximum Gasteiger partial charge on any atom is 0.416 e. The zero-order chi connectivity index (χ0) is 17.0. The van der Waals surface area contributed by atoms with E-state index in [1.54, 1.807) is 0 Å². The van der Waals surface area contributed by atoms with Gasteiger partial charge in [-0.1, -0.05) is 12.1 Å². The molecule has 23 heavy (non-hydrogen) atoms. The normalized spacial score (nSPS) is 16.2. The van der Waals surface area contributed by atoms with Crippen LogP contribution in [-0.4, -0.2) is 24.0 Å². The SMILES string of the molecule is C[C@H](OC(=O)/C=C/c1ccc(C(F)(F)F)cc1)C(=O)NC1CC1. The summed E-state index contributed by atoms with van der Waals surface area (Å²) in [6, 6.07) is 4.52. The van der Waals surface area contributed by atoms with Gasteiger partial charge in [0.1, 0.15) is 0 Å². The Morgan fingerprint density at radius 2 is 1.87 bits per heavy atom. The standard InChI is InChI=1S/C16H16F3NO3/c1-10(15(22)20-13-7-8-13)23-14(21)9-4-11-2-5-12(6-3-11)16(17,18)19/h2-6,9-10,13H,7-8H2,1H3,(H,20,22)/b9-4+/t10-/m0/s1. The molecule has 1 saturated carbocycles. The first-order chi connectivity index (χ1) is 10.8. The summed E-state index contributed by atoms with van der Waals surface area (Å²) in [6.07, 6.45) is -1.05. The van der Waals surface area contributed by atoms with Crippen molar-refractivity contribution in [3.63, 3.8) is 0 Å². The molecule has 0 saturated heterocycles. The Bertz CT molecular complexity index is 604. The van der Waals surface area contributed by atoms with Gasteiger partial charge in [-0.25, -0.2) is 4.79 Å². The van der Waals surface area contributed by atoms with Gasteiger partial charge in [-0.2, -0.15) is 13.2 Å². The fourth-order valence-corrected chi connectivity index (χ4v) is 1.76. The topological polar surface area (TPSA) is 55.4 Å². The average Bonchev–Trinajstić information content (AvgIpc) is 3.28. The van der Waals surface area contributed by atoms with Gasteiger partial charge in [0.25, 0.3) is 5.91 Å². The second-order valence-corrected chi connectivity index (χ2v) is 5.32. The van der Waals surface area contributed by atoms with E-state index in [0.717, 1.165) is 31.1 Å². The smallest absolute Gasteiger partial charge is 0.416 e. The minimum Gasteiger partial charge on any atom is -0.449 e. The number of benzene rings is 1. The van der Waals surface area contributed by atoms with Gasteiger partial charge < -0.3 is 10.1 Å². The Kier molecular flexibility index (Phi) is 5.08. The van der Waals surface area contributed by atoms with Crippen molar-refractivity contribution in [2.45, 2.75) is 38.1 Å². The minimum atomic E-state index is -4.40. The van der Waals surface area contributed by atoms with Crippen LogP contribution in [0.2, 0.25) is 0 Å². The summed E-state index contributed by atoms with van der Waals surface area (Å²) in [5.74, 6) is -1.09. The van der Waals surface area contributed by atoms with Crippen LogP contribution in [-0.2, 0) is 20.5 Å². The summed E-state index contributed by atoms with van der Waals surface area (Å²) in [4.78, 5) is 23.2. The molecule has 0 radical (unpaired) electrons. The predicted octanol–water partition coefficient (Wildman–Crippen LogP) is 2.93. The number of nitrogens with one attached hydrogen (secondary N) is 1. The highest BCUT2D eigenvalue weighted by molar-refractivity contribution is 5.90. The van der Waals surface area contributed by atoms with E-state index >= 15 is 0 Å². The summed E-state index contributed by atoms with van der Waals surface area (Å²) < 4.78 is 42.2. The highest BCUT2D eigenvalue weighted by Gasteiger charge is 2.30. The second-order valence-electron chi connectivity index (χ2n) is 5.32. The van der Waals surface area contributed by atoms with Crippen molar-refractivity contribution >= 4 is 18.0 Å². The third kappa shape index (κ3) is 5.43. The molecule has 1 amide bonds. The number of carbonyl (C=O) groups excluding carboxylic acids is 2. The van der Waals surface area contributed by atoms with Gasteiger partial charge in [0.15, 0.2) is 6.10 Å². The molecule has 0 bridgehead atoms. The summed E-state index contributed by atoms with van der Waals surface area (Å²) in [5.41, 5.74) is -0.340. The highest BCUT2D eigenvalue weighted by Crippen LogP contribution is 2.29. The van der Waals surface area contributed by atoms with Crippen molar-refractivity contribution in [3.8, 4) is 0 Å². The number of esters is 1. The van der Waals surface area contributed by atoms with Gasteiger partial charge in [-0.15, -0.1) is 0 Å². The van der Waals surface area contributed by atoms with Crippen LogP contribution in [0, 0.1) is 0 Å². The molecular formula is C16H16F3NO3. The number of hydrogen-bond acceptors (Lipinski definition) is 3. The number of amides is 1. The molecule has 1 aliphatic carbocycles. The van der Waals surface area contributed by atoms with Crippen LogP contribution in [0.25, 0.3) is 6.08 Å². The van der Waals surface area contributed by atoms with Crippen LogP contribution in [0.15, 0.2) is 30.3 Å². The summed E-state index contributed by atoms with van der Waals surface area (Å²) >= 11 is 0. The molecule has 1 fully saturated rings. The Morgan fingerprint density at radius 3 is 2.39 bits per heavy atom. The van der Waals surface area contributed by atoms with Gasteiger partial charge in [0.2, 0.25) is 0 Å². The zero-order valence-corrected chi connectivity index (χ0v) is 12.4. The first kappa shape index (κ1) is 17.1. The van der Waals surface area contributed by atoms with Crippen LogP contribution in [0.4, 0.5) is 13.2 Å². The van der Waals surface area contributed by atoms with Gasteiger partial charge in [0.05, 0.1) is 5.56 Å². The number of ether oxygens (including phenoxy) is 1. The lowest BCUT2D eigenvalue weighted by molar-refractivity contribution is -0.150. The zero-order valence-electron chi connectivity index (χ0n) is 12.4. The van der Waals surface area contributed by atoms with Crippen LogP contribution < -0.4 is 5.32 Å². The van der Waals surface area contributed by atoms with E-state index in [1.807, 2.05) is 0 Å². The van der Waals surface area contributed by atoms with E-state index in [0.29, 0.717) is 5.56 Å². The summed E-state index contributed by atoms with van der Waals surface area (Å²) in [6.45, 7) is 1.46. The molecule has 1 aromatic rings. The van der Waals surface area contributed by atoms with E-state index in [9.17, 15) is 22.8 Å². The number of rotatable bonds is 5. The number of alkyl halides is 3. The fourth-order valence-electron chi connectivity index (χ4n) is 1.76. The Balaban J connectivity index is 1.86. The quantitative estimate of drug-likeness (QED) is 0.668. The summed E-state index contributed by atoms with van der Waals surface area (Å²) in [5, 5.41) is 2.71. The maximum atomic E-state index is 12.4. The van der Waals surface area contributed by atoms with Gasteiger partial charge in [-0.3, -0.25) is 4.79 Å². The van der Waals surface area contributed by atoms with Crippen molar-refractivity contribution in [2.24, 2.45) is 0 Å². The molecule has 1 N–H and O–H groups in total. The molecule has 0 heterocycles. The van der Waals surface area contributed by atoms with Crippen molar-refractivity contribution in [1.29, 1.82) is 0 Å². The Labute approximate surface area is 131 Å². The maximum absolute atomic E-state index is 12.4. The molecule has 0 aromatic heterocycles. The molecule has 2 rings (SSSR count). The van der Waals surface area contributed by atoms with E-state index in [4.69, 9.17) is 4.74 Å². The lowest BCUT2D eigenvalue weighted by Gasteiger charge is -2.11. The predicted molar refractivity (Wildman–Crippen MR) is 77.2 cm³/mol. The van der Waals surface area contributed by atoms with E-state index in [1.165, 1.54) is 25.1 Å². The number of hydrogen-bond donors (Lipinski definition) is 1. The molecule has 1 atom stereocenters. The molecule has 4 nitrogen and oxygen atoms in total. The van der Waals surface area contributed by atoms with E-state index in [2.05, 4.69) is 5.32 Å². The van der Waals surface area contributed by atoms with Crippen LogP contribution in [0.5, 0.6) is 0 Å². The van der Waals surface area contributed by atoms with E-state index < -0.39 is 23.8 Å².